The van der Waals surface area contributed by atoms with Gasteiger partial charge in [-0.15, -0.1) is 6.58 Å². The molecule has 0 saturated heterocycles. The molecule has 0 aliphatic rings. The monoisotopic (exact) mass is 152 g/mol. The van der Waals surface area contributed by atoms with E-state index in [4.69, 9.17) is 0 Å². The summed E-state index contributed by atoms with van der Waals surface area (Å²) in [6.45, 7) is 5.64. The van der Waals surface area contributed by atoms with Gasteiger partial charge in [0.1, 0.15) is 6.29 Å². The summed E-state index contributed by atoms with van der Waals surface area (Å²) in [6.07, 6.45) is 9.54. The van der Waals surface area contributed by atoms with E-state index < -0.39 is 0 Å². The van der Waals surface area contributed by atoms with Gasteiger partial charge in [-0.25, -0.2) is 0 Å². The quantitative estimate of drug-likeness (QED) is 0.422. The van der Waals surface area contributed by atoms with E-state index in [0.717, 1.165) is 19.1 Å². The van der Waals surface area contributed by atoms with Gasteiger partial charge in [-0.1, -0.05) is 18.2 Å². The summed E-state index contributed by atoms with van der Waals surface area (Å²) < 4.78 is 0. The highest BCUT2D eigenvalue weighted by atomic mass is 16.1. The van der Waals surface area contributed by atoms with Crippen molar-refractivity contribution in [3.8, 4) is 0 Å². The number of hydrogen-bond donors (Lipinski definition) is 0. The average molecular weight is 152 g/mol. The molecular formula is C10H16O. The molecule has 1 nitrogen and oxygen atoms in total. The van der Waals surface area contributed by atoms with Crippen molar-refractivity contribution in [1.29, 1.82) is 0 Å². The molecule has 62 valence electrons. The van der Waals surface area contributed by atoms with Gasteiger partial charge in [0.15, 0.2) is 0 Å². The van der Waals surface area contributed by atoms with Crippen LogP contribution in [0, 0.1) is 5.92 Å². The van der Waals surface area contributed by atoms with E-state index in [1.165, 1.54) is 0 Å². The molecule has 11 heavy (non-hydrogen) atoms. The summed E-state index contributed by atoms with van der Waals surface area (Å²) in [5.74, 6) is 0.459. The zero-order chi connectivity index (χ0) is 8.53. The Balaban J connectivity index is 3.66. The molecule has 0 aliphatic carbocycles. The summed E-state index contributed by atoms with van der Waals surface area (Å²) >= 11 is 0. The van der Waals surface area contributed by atoms with Crippen LogP contribution in [0.2, 0.25) is 0 Å². The Labute approximate surface area is 68.8 Å². The number of rotatable bonds is 6. The summed E-state index contributed by atoms with van der Waals surface area (Å²) in [4.78, 5) is 10.2. The normalized spacial score (nSPS) is 13.2. The van der Waals surface area contributed by atoms with Gasteiger partial charge in [-0.2, -0.15) is 0 Å². The third kappa shape index (κ3) is 5.59. The molecule has 0 aromatic rings. The van der Waals surface area contributed by atoms with Gasteiger partial charge < -0.3 is 4.79 Å². The minimum atomic E-state index is 0.459. The van der Waals surface area contributed by atoms with Crippen molar-refractivity contribution in [3.63, 3.8) is 0 Å². The van der Waals surface area contributed by atoms with Crippen LogP contribution in [0.1, 0.15) is 26.2 Å². The Bertz CT molecular complexity index is 126. The second kappa shape index (κ2) is 7.26. The summed E-state index contributed by atoms with van der Waals surface area (Å²) in [5.41, 5.74) is 0. The smallest absolute Gasteiger partial charge is 0.120 e. The first-order chi connectivity index (χ1) is 5.35. The van der Waals surface area contributed by atoms with Crippen LogP contribution in [0.15, 0.2) is 24.8 Å². The molecule has 0 rings (SSSR count). The fourth-order valence-corrected chi connectivity index (χ4v) is 0.989. The molecule has 0 radical (unpaired) electrons. The number of hydrogen-bond acceptors (Lipinski definition) is 1. The van der Waals surface area contributed by atoms with E-state index in [1.54, 1.807) is 0 Å². The number of allylic oxidation sites excluding steroid dienone is 3. The fraction of sp³-hybridized carbons (Fsp3) is 0.500. The molecule has 0 aliphatic heterocycles. The van der Waals surface area contributed by atoms with E-state index >= 15 is 0 Å². The van der Waals surface area contributed by atoms with Crippen LogP contribution in [0.4, 0.5) is 0 Å². The fourth-order valence-electron chi connectivity index (χ4n) is 0.989. The topological polar surface area (TPSA) is 17.1 Å². The van der Waals surface area contributed by atoms with Crippen LogP contribution >= 0.6 is 0 Å². The maximum absolute atomic E-state index is 10.2. The van der Waals surface area contributed by atoms with Crippen LogP contribution in [0.5, 0.6) is 0 Å². The molecule has 0 N–H and O–H groups in total. The van der Waals surface area contributed by atoms with Crippen molar-refractivity contribution in [2.24, 2.45) is 5.92 Å². The van der Waals surface area contributed by atoms with Gasteiger partial charge in [-0.3, -0.25) is 0 Å². The largest absolute Gasteiger partial charge is 0.303 e. The van der Waals surface area contributed by atoms with Crippen molar-refractivity contribution in [1.82, 2.24) is 0 Å². The Morgan fingerprint density at radius 3 is 2.55 bits per heavy atom. The minimum Gasteiger partial charge on any atom is -0.303 e. The third-order valence-electron chi connectivity index (χ3n) is 1.63. The van der Waals surface area contributed by atoms with Crippen LogP contribution in [0.3, 0.4) is 0 Å². The standard InChI is InChI=1S/C10H16O/c1-3-5-7-10(6-4-2)8-9-11/h3-5,9-10H,2,6-8H2,1H3/b5-3-. The maximum atomic E-state index is 10.2. The predicted molar refractivity (Wildman–Crippen MR) is 48.4 cm³/mol. The molecule has 0 fully saturated rings. The number of aldehydes is 1. The van der Waals surface area contributed by atoms with Gasteiger partial charge in [0.2, 0.25) is 0 Å². The molecule has 0 bridgehead atoms. The molecular weight excluding hydrogens is 136 g/mol. The lowest BCUT2D eigenvalue weighted by atomic mass is 9.98. The van der Waals surface area contributed by atoms with Crippen molar-refractivity contribution in [2.75, 3.05) is 0 Å². The summed E-state index contributed by atoms with van der Waals surface area (Å²) in [5, 5.41) is 0. The van der Waals surface area contributed by atoms with E-state index in [0.29, 0.717) is 12.3 Å². The lowest BCUT2D eigenvalue weighted by Crippen LogP contribution is -1.97. The highest BCUT2D eigenvalue weighted by Crippen LogP contribution is 2.12. The summed E-state index contributed by atoms with van der Waals surface area (Å²) in [7, 11) is 0. The Hall–Kier alpha value is -0.850. The Morgan fingerprint density at radius 1 is 1.36 bits per heavy atom. The van der Waals surface area contributed by atoms with Crippen molar-refractivity contribution >= 4 is 6.29 Å². The second-order valence-electron chi connectivity index (χ2n) is 2.60. The first kappa shape index (κ1) is 10.2. The first-order valence-corrected chi connectivity index (χ1v) is 4.00. The van der Waals surface area contributed by atoms with Crippen molar-refractivity contribution < 1.29 is 4.79 Å². The Kier molecular flexibility index (Phi) is 6.70. The van der Waals surface area contributed by atoms with Crippen LogP contribution in [-0.2, 0) is 4.79 Å². The molecule has 0 aromatic carbocycles. The van der Waals surface area contributed by atoms with Crippen LogP contribution < -0.4 is 0 Å². The van der Waals surface area contributed by atoms with E-state index in [2.05, 4.69) is 12.7 Å². The highest BCUT2D eigenvalue weighted by Gasteiger charge is 2.02. The Morgan fingerprint density at radius 2 is 2.09 bits per heavy atom. The lowest BCUT2D eigenvalue weighted by molar-refractivity contribution is -0.108. The molecule has 1 unspecified atom stereocenters. The van der Waals surface area contributed by atoms with Gasteiger partial charge >= 0.3 is 0 Å². The van der Waals surface area contributed by atoms with E-state index in [-0.39, 0.29) is 0 Å². The molecule has 0 amide bonds. The zero-order valence-electron chi connectivity index (χ0n) is 7.12. The van der Waals surface area contributed by atoms with Gasteiger partial charge in [0, 0.05) is 6.42 Å². The average Bonchev–Trinajstić information content (AvgIpc) is 2.01. The second-order valence-corrected chi connectivity index (χ2v) is 2.60. The van der Waals surface area contributed by atoms with E-state index in [1.807, 2.05) is 19.1 Å². The number of carbonyl (C=O) groups excluding carboxylic acids is 1. The predicted octanol–water partition coefficient (Wildman–Crippen LogP) is 2.73. The molecule has 0 saturated carbocycles. The van der Waals surface area contributed by atoms with Crippen LogP contribution in [-0.4, -0.2) is 6.29 Å². The van der Waals surface area contributed by atoms with E-state index in [9.17, 15) is 4.79 Å². The maximum Gasteiger partial charge on any atom is 0.120 e. The van der Waals surface area contributed by atoms with Crippen LogP contribution in [0.25, 0.3) is 0 Å². The zero-order valence-corrected chi connectivity index (χ0v) is 7.12. The summed E-state index contributed by atoms with van der Waals surface area (Å²) in [6, 6.07) is 0. The highest BCUT2D eigenvalue weighted by molar-refractivity contribution is 5.49. The molecule has 1 heteroatoms. The molecule has 0 heterocycles. The van der Waals surface area contributed by atoms with Crippen molar-refractivity contribution in [3.05, 3.63) is 24.8 Å². The lowest BCUT2D eigenvalue weighted by Gasteiger charge is -2.06. The van der Waals surface area contributed by atoms with Gasteiger partial charge in [0.05, 0.1) is 0 Å². The molecule has 0 aromatic heterocycles. The van der Waals surface area contributed by atoms with Gasteiger partial charge in [-0.05, 0) is 25.7 Å². The minimum absolute atomic E-state index is 0.459. The van der Waals surface area contributed by atoms with Crippen molar-refractivity contribution in [2.45, 2.75) is 26.2 Å². The SMILES string of the molecule is C=CCC(CC=O)C/C=C\C. The number of carbonyl (C=O) groups is 1. The van der Waals surface area contributed by atoms with Gasteiger partial charge in [0.25, 0.3) is 0 Å². The molecule has 0 spiro atoms. The molecule has 1 atom stereocenters. The first-order valence-electron chi connectivity index (χ1n) is 4.00. The third-order valence-corrected chi connectivity index (χ3v) is 1.63.